The molecule has 1 amide bonds. The van der Waals surface area contributed by atoms with Crippen molar-refractivity contribution in [2.75, 3.05) is 32.7 Å². The Morgan fingerprint density at radius 2 is 1.70 bits per heavy atom. The molecule has 2 N–H and O–H groups in total. The smallest absolute Gasteiger partial charge is 0.239 e. The Morgan fingerprint density at radius 3 is 2.25 bits per heavy atom. The predicted octanol–water partition coefficient (Wildman–Crippen LogP) is 1.84. The molecule has 2 fully saturated rings. The van der Waals surface area contributed by atoms with Crippen molar-refractivity contribution in [2.45, 2.75) is 57.9 Å². The third-order valence-corrected chi connectivity index (χ3v) is 5.05. The number of rotatable bonds is 4. The summed E-state index contributed by atoms with van der Waals surface area (Å²) in [6.07, 6.45) is 8.46. The van der Waals surface area contributed by atoms with E-state index in [1.165, 1.54) is 38.5 Å². The highest BCUT2D eigenvalue weighted by Gasteiger charge is 2.29. The minimum absolute atomic E-state index is 0.0620. The van der Waals surface area contributed by atoms with Crippen LogP contribution in [0.25, 0.3) is 0 Å². The summed E-state index contributed by atoms with van der Waals surface area (Å²) in [4.78, 5) is 17.1. The fourth-order valence-corrected chi connectivity index (χ4v) is 3.58. The van der Waals surface area contributed by atoms with Gasteiger partial charge in [-0.1, -0.05) is 12.8 Å². The Labute approximate surface area is 123 Å². The standard InChI is InChI=1S/C16H31N3O/c1-14(16(20)19-10-4-2-3-5-11-19)18-12-7-15(6-9-17)8-13-18/h14-15H,2-13,17H2,1H3. The van der Waals surface area contributed by atoms with Crippen molar-refractivity contribution in [2.24, 2.45) is 11.7 Å². The van der Waals surface area contributed by atoms with Gasteiger partial charge in [-0.15, -0.1) is 0 Å². The van der Waals surface area contributed by atoms with Crippen LogP contribution in [-0.4, -0.2) is 54.5 Å². The van der Waals surface area contributed by atoms with E-state index in [1.807, 2.05) is 0 Å². The van der Waals surface area contributed by atoms with Crippen molar-refractivity contribution < 1.29 is 4.79 Å². The number of likely N-dealkylation sites (tertiary alicyclic amines) is 2. The summed E-state index contributed by atoms with van der Waals surface area (Å²) in [5.41, 5.74) is 5.64. The van der Waals surface area contributed by atoms with Gasteiger partial charge in [0.25, 0.3) is 0 Å². The quantitative estimate of drug-likeness (QED) is 0.855. The fraction of sp³-hybridized carbons (Fsp3) is 0.938. The lowest BCUT2D eigenvalue weighted by molar-refractivity contribution is -0.137. The van der Waals surface area contributed by atoms with Crippen LogP contribution in [0.15, 0.2) is 0 Å². The first-order valence-corrected chi connectivity index (χ1v) is 8.45. The van der Waals surface area contributed by atoms with Crippen molar-refractivity contribution in [1.29, 1.82) is 0 Å². The van der Waals surface area contributed by atoms with Gasteiger partial charge in [-0.05, 0) is 64.6 Å². The molecule has 0 spiro atoms. The molecule has 1 unspecified atom stereocenters. The highest BCUT2D eigenvalue weighted by Crippen LogP contribution is 2.22. The maximum Gasteiger partial charge on any atom is 0.239 e. The normalized spacial score (nSPS) is 24.4. The van der Waals surface area contributed by atoms with E-state index in [4.69, 9.17) is 5.73 Å². The van der Waals surface area contributed by atoms with Crippen LogP contribution in [0.1, 0.15) is 51.9 Å². The largest absolute Gasteiger partial charge is 0.341 e. The maximum absolute atomic E-state index is 12.6. The van der Waals surface area contributed by atoms with Gasteiger partial charge < -0.3 is 10.6 Å². The van der Waals surface area contributed by atoms with E-state index >= 15 is 0 Å². The van der Waals surface area contributed by atoms with Crippen molar-refractivity contribution in [3.8, 4) is 0 Å². The third kappa shape index (κ3) is 4.19. The van der Waals surface area contributed by atoms with Crippen LogP contribution in [0.2, 0.25) is 0 Å². The molecular formula is C16H31N3O. The molecule has 2 saturated heterocycles. The van der Waals surface area contributed by atoms with Crippen molar-refractivity contribution in [3.05, 3.63) is 0 Å². The molecule has 20 heavy (non-hydrogen) atoms. The van der Waals surface area contributed by atoms with E-state index in [-0.39, 0.29) is 6.04 Å². The highest BCUT2D eigenvalue weighted by atomic mass is 16.2. The molecule has 0 saturated carbocycles. The van der Waals surface area contributed by atoms with Crippen molar-refractivity contribution in [3.63, 3.8) is 0 Å². The lowest BCUT2D eigenvalue weighted by Crippen LogP contribution is -2.50. The Hall–Kier alpha value is -0.610. The molecule has 0 aromatic carbocycles. The van der Waals surface area contributed by atoms with E-state index in [1.54, 1.807) is 0 Å². The van der Waals surface area contributed by atoms with Gasteiger partial charge in [0.1, 0.15) is 0 Å². The van der Waals surface area contributed by atoms with Gasteiger partial charge in [-0.2, -0.15) is 0 Å². The van der Waals surface area contributed by atoms with E-state index in [2.05, 4.69) is 16.7 Å². The van der Waals surface area contributed by atoms with Crippen molar-refractivity contribution >= 4 is 5.91 Å². The maximum atomic E-state index is 12.6. The first kappa shape index (κ1) is 15.8. The molecule has 1 atom stereocenters. The summed E-state index contributed by atoms with van der Waals surface area (Å²) in [5, 5.41) is 0. The third-order valence-electron chi connectivity index (χ3n) is 5.05. The molecule has 2 heterocycles. The first-order valence-electron chi connectivity index (χ1n) is 8.45. The van der Waals surface area contributed by atoms with Gasteiger partial charge in [-0.25, -0.2) is 0 Å². The van der Waals surface area contributed by atoms with E-state index < -0.39 is 0 Å². The lowest BCUT2D eigenvalue weighted by Gasteiger charge is -2.37. The Kier molecular flexibility index (Phi) is 6.30. The van der Waals surface area contributed by atoms with Crippen LogP contribution in [0.5, 0.6) is 0 Å². The van der Waals surface area contributed by atoms with Gasteiger partial charge in [0.2, 0.25) is 5.91 Å². The van der Waals surface area contributed by atoms with Crippen LogP contribution in [0, 0.1) is 5.92 Å². The minimum Gasteiger partial charge on any atom is -0.341 e. The van der Waals surface area contributed by atoms with Crippen LogP contribution >= 0.6 is 0 Å². The van der Waals surface area contributed by atoms with Gasteiger partial charge >= 0.3 is 0 Å². The second-order valence-electron chi connectivity index (χ2n) is 6.47. The number of hydrogen-bond donors (Lipinski definition) is 1. The zero-order valence-corrected chi connectivity index (χ0v) is 13.0. The molecule has 0 aromatic heterocycles. The average Bonchev–Trinajstić information content (AvgIpc) is 2.76. The summed E-state index contributed by atoms with van der Waals surface area (Å²) in [7, 11) is 0. The molecular weight excluding hydrogens is 250 g/mol. The number of piperidine rings is 1. The van der Waals surface area contributed by atoms with Crippen LogP contribution in [0.4, 0.5) is 0 Å². The summed E-state index contributed by atoms with van der Waals surface area (Å²) < 4.78 is 0. The van der Waals surface area contributed by atoms with Crippen LogP contribution < -0.4 is 5.73 Å². The van der Waals surface area contributed by atoms with E-state index in [9.17, 15) is 4.79 Å². The zero-order valence-electron chi connectivity index (χ0n) is 13.0. The number of carbonyl (C=O) groups is 1. The second-order valence-corrected chi connectivity index (χ2v) is 6.47. The van der Waals surface area contributed by atoms with Crippen LogP contribution in [0.3, 0.4) is 0 Å². The second kappa shape index (κ2) is 7.99. The number of nitrogens with two attached hydrogens (primary N) is 1. The summed E-state index contributed by atoms with van der Waals surface area (Å²) >= 11 is 0. The topological polar surface area (TPSA) is 49.6 Å². The SMILES string of the molecule is CC(C(=O)N1CCCCCC1)N1CCC(CCN)CC1. The van der Waals surface area contributed by atoms with Crippen molar-refractivity contribution in [1.82, 2.24) is 9.80 Å². The number of amides is 1. The fourth-order valence-electron chi connectivity index (χ4n) is 3.58. The summed E-state index contributed by atoms with van der Waals surface area (Å²) in [6.45, 7) is 6.94. The molecule has 0 radical (unpaired) electrons. The van der Waals surface area contributed by atoms with E-state index in [0.29, 0.717) is 5.91 Å². The molecule has 0 aromatic rings. The van der Waals surface area contributed by atoms with E-state index in [0.717, 1.165) is 45.1 Å². The van der Waals surface area contributed by atoms with Gasteiger partial charge in [0.05, 0.1) is 6.04 Å². The summed E-state index contributed by atoms with van der Waals surface area (Å²) in [5.74, 6) is 1.13. The molecule has 0 bridgehead atoms. The zero-order chi connectivity index (χ0) is 14.4. The molecule has 2 rings (SSSR count). The van der Waals surface area contributed by atoms with Gasteiger partial charge in [0, 0.05) is 13.1 Å². The molecule has 2 aliphatic rings. The molecule has 4 heteroatoms. The van der Waals surface area contributed by atoms with Crippen LogP contribution in [-0.2, 0) is 4.79 Å². The van der Waals surface area contributed by atoms with Gasteiger partial charge in [0.15, 0.2) is 0 Å². The molecule has 116 valence electrons. The first-order chi connectivity index (χ1) is 9.72. The Morgan fingerprint density at radius 1 is 1.10 bits per heavy atom. The monoisotopic (exact) mass is 281 g/mol. The number of nitrogens with zero attached hydrogens (tertiary/aromatic N) is 2. The predicted molar refractivity (Wildman–Crippen MR) is 82.5 cm³/mol. The number of carbonyl (C=O) groups excluding carboxylic acids is 1. The Bertz CT molecular complexity index is 292. The minimum atomic E-state index is 0.0620. The molecule has 4 nitrogen and oxygen atoms in total. The average molecular weight is 281 g/mol. The highest BCUT2D eigenvalue weighted by molar-refractivity contribution is 5.81. The summed E-state index contributed by atoms with van der Waals surface area (Å²) in [6, 6.07) is 0.0620. The van der Waals surface area contributed by atoms with Gasteiger partial charge in [-0.3, -0.25) is 9.69 Å². The lowest BCUT2D eigenvalue weighted by atomic mass is 9.93. The Balaban J connectivity index is 1.81. The number of hydrogen-bond acceptors (Lipinski definition) is 3. The molecule has 2 aliphatic heterocycles. The molecule has 0 aliphatic carbocycles.